The summed E-state index contributed by atoms with van der Waals surface area (Å²) in [6, 6.07) is 10.6. The van der Waals surface area contributed by atoms with Gasteiger partial charge in [0.25, 0.3) is 0 Å². The zero-order chi connectivity index (χ0) is 14.7. The molecule has 0 saturated heterocycles. The third-order valence-corrected chi connectivity index (χ3v) is 3.92. The van der Waals surface area contributed by atoms with Crippen LogP contribution >= 0.6 is 11.8 Å². The molecule has 1 aromatic heterocycles. The number of rotatable bonds is 4. The van der Waals surface area contributed by atoms with Crippen molar-refractivity contribution in [2.45, 2.75) is 18.1 Å². The maximum atomic E-state index is 5.82. The first-order valence-electron chi connectivity index (χ1n) is 6.46. The van der Waals surface area contributed by atoms with Crippen molar-refractivity contribution in [3.05, 3.63) is 35.9 Å². The standard InChI is InChI=1S/C15H20N4S/c1-10(19(2)3)11-5-7-12(8-6-11)13-9-14(16)18-15(17-13)20-4/h5-10H,1-4H3,(H2,16,17,18)/t10-/m0/s1. The average Bonchev–Trinajstić information content (AvgIpc) is 2.45. The Morgan fingerprint density at radius 3 is 2.35 bits per heavy atom. The number of thioether (sulfide) groups is 1. The minimum atomic E-state index is 0.390. The molecule has 20 heavy (non-hydrogen) atoms. The van der Waals surface area contributed by atoms with Gasteiger partial charge >= 0.3 is 0 Å². The summed E-state index contributed by atoms with van der Waals surface area (Å²) in [4.78, 5) is 10.8. The van der Waals surface area contributed by atoms with Gasteiger partial charge in [0, 0.05) is 17.7 Å². The van der Waals surface area contributed by atoms with E-state index in [1.54, 1.807) is 0 Å². The number of hydrogen-bond acceptors (Lipinski definition) is 5. The van der Waals surface area contributed by atoms with Gasteiger partial charge in [0.05, 0.1) is 5.69 Å². The van der Waals surface area contributed by atoms with Crippen molar-refractivity contribution in [2.75, 3.05) is 26.1 Å². The lowest BCUT2D eigenvalue weighted by Crippen LogP contribution is -2.16. The third-order valence-electron chi connectivity index (χ3n) is 3.37. The normalized spacial score (nSPS) is 12.7. The van der Waals surface area contributed by atoms with Gasteiger partial charge in [0.15, 0.2) is 5.16 Å². The van der Waals surface area contributed by atoms with Gasteiger partial charge in [0.1, 0.15) is 5.82 Å². The van der Waals surface area contributed by atoms with Gasteiger partial charge in [-0.3, -0.25) is 0 Å². The van der Waals surface area contributed by atoms with Crippen molar-refractivity contribution in [1.82, 2.24) is 14.9 Å². The molecule has 0 fully saturated rings. The Labute approximate surface area is 124 Å². The molecule has 4 nitrogen and oxygen atoms in total. The van der Waals surface area contributed by atoms with E-state index in [1.165, 1.54) is 17.3 Å². The van der Waals surface area contributed by atoms with Crippen LogP contribution in [0.2, 0.25) is 0 Å². The Hall–Kier alpha value is -1.59. The largest absolute Gasteiger partial charge is 0.384 e. The van der Waals surface area contributed by atoms with Crippen molar-refractivity contribution in [3.63, 3.8) is 0 Å². The van der Waals surface area contributed by atoms with Gasteiger partial charge in [-0.1, -0.05) is 36.0 Å². The molecule has 0 amide bonds. The molecule has 0 radical (unpaired) electrons. The van der Waals surface area contributed by atoms with Gasteiger partial charge in [-0.15, -0.1) is 0 Å². The summed E-state index contributed by atoms with van der Waals surface area (Å²) in [7, 11) is 4.16. The molecule has 5 heteroatoms. The zero-order valence-electron chi connectivity index (χ0n) is 12.3. The summed E-state index contributed by atoms with van der Waals surface area (Å²) < 4.78 is 0. The smallest absolute Gasteiger partial charge is 0.189 e. The van der Waals surface area contributed by atoms with Crippen LogP contribution in [-0.2, 0) is 0 Å². The summed E-state index contributed by atoms with van der Waals surface area (Å²) >= 11 is 1.49. The fourth-order valence-electron chi connectivity index (χ4n) is 1.91. The third kappa shape index (κ3) is 3.29. The van der Waals surface area contributed by atoms with E-state index in [4.69, 9.17) is 5.73 Å². The van der Waals surface area contributed by atoms with Crippen molar-refractivity contribution in [3.8, 4) is 11.3 Å². The summed E-state index contributed by atoms with van der Waals surface area (Å²) in [5, 5.41) is 0.700. The lowest BCUT2D eigenvalue weighted by Gasteiger charge is -2.20. The predicted molar refractivity (Wildman–Crippen MR) is 85.8 cm³/mol. The highest BCUT2D eigenvalue weighted by molar-refractivity contribution is 7.98. The molecule has 0 unspecified atom stereocenters. The van der Waals surface area contributed by atoms with Gasteiger partial charge in [-0.05, 0) is 32.8 Å². The molecule has 0 saturated carbocycles. The molecule has 1 heterocycles. The highest BCUT2D eigenvalue weighted by Crippen LogP contribution is 2.24. The number of aromatic nitrogens is 2. The highest BCUT2D eigenvalue weighted by Gasteiger charge is 2.09. The van der Waals surface area contributed by atoms with E-state index in [0.717, 1.165) is 11.3 Å². The zero-order valence-corrected chi connectivity index (χ0v) is 13.1. The SMILES string of the molecule is CSc1nc(N)cc(-c2ccc([C@H](C)N(C)C)cc2)n1. The molecule has 1 aromatic carbocycles. The van der Waals surface area contributed by atoms with Crippen LogP contribution < -0.4 is 5.73 Å². The van der Waals surface area contributed by atoms with Crippen LogP contribution in [0.5, 0.6) is 0 Å². The first-order valence-corrected chi connectivity index (χ1v) is 7.69. The molecule has 2 N–H and O–H groups in total. The van der Waals surface area contributed by atoms with Crippen LogP contribution in [0, 0.1) is 0 Å². The van der Waals surface area contributed by atoms with Crippen molar-refractivity contribution < 1.29 is 0 Å². The molecule has 0 bridgehead atoms. The summed E-state index contributed by atoms with van der Waals surface area (Å²) in [6.07, 6.45) is 1.94. The number of anilines is 1. The number of nitrogens with zero attached hydrogens (tertiary/aromatic N) is 3. The fraction of sp³-hybridized carbons (Fsp3) is 0.333. The van der Waals surface area contributed by atoms with Gasteiger partial charge in [-0.2, -0.15) is 0 Å². The summed E-state index contributed by atoms with van der Waals surface area (Å²) in [6.45, 7) is 2.18. The Balaban J connectivity index is 2.32. The minimum absolute atomic E-state index is 0.390. The molecule has 106 valence electrons. The second kappa shape index (κ2) is 6.24. The average molecular weight is 288 g/mol. The van der Waals surface area contributed by atoms with Crippen LogP contribution in [0.4, 0.5) is 5.82 Å². The van der Waals surface area contributed by atoms with E-state index in [-0.39, 0.29) is 0 Å². The molecule has 0 aliphatic carbocycles. The van der Waals surface area contributed by atoms with Gasteiger partial charge in [0.2, 0.25) is 0 Å². The van der Waals surface area contributed by atoms with Crippen molar-refractivity contribution in [2.24, 2.45) is 0 Å². The van der Waals surface area contributed by atoms with Gasteiger partial charge < -0.3 is 10.6 Å². The highest BCUT2D eigenvalue weighted by atomic mass is 32.2. The van der Waals surface area contributed by atoms with E-state index >= 15 is 0 Å². The topological polar surface area (TPSA) is 55.0 Å². The maximum absolute atomic E-state index is 5.82. The molecular weight excluding hydrogens is 268 g/mol. The number of nitrogens with two attached hydrogens (primary N) is 1. The quantitative estimate of drug-likeness (QED) is 0.692. The minimum Gasteiger partial charge on any atom is -0.384 e. The molecule has 1 atom stereocenters. The van der Waals surface area contributed by atoms with E-state index in [1.807, 2.05) is 12.3 Å². The summed E-state index contributed by atoms with van der Waals surface area (Å²) in [5.74, 6) is 0.505. The molecule has 0 aliphatic rings. The first-order chi connectivity index (χ1) is 9.51. The van der Waals surface area contributed by atoms with Crippen LogP contribution in [0.1, 0.15) is 18.5 Å². The van der Waals surface area contributed by atoms with Crippen LogP contribution in [0.25, 0.3) is 11.3 Å². The Morgan fingerprint density at radius 2 is 1.80 bits per heavy atom. The number of nitrogen functional groups attached to an aromatic ring is 1. The van der Waals surface area contributed by atoms with Crippen molar-refractivity contribution >= 4 is 17.6 Å². The fourth-order valence-corrected chi connectivity index (χ4v) is 2.30. The molecular formula is C15H20N4S. The second-order valence-corrected chi connectivity index (χ2v) is 5.70. The second-order valence-electron chi connectivity index (χ2n) is 4.93. The van der Waals surface area contributed by atoms with Gasteiger partial charge in [-0.25, -0.2) is 9.97 Å². The molecule has 0 aliphatic heterocycles. The maximum Gasteiger partial charge on any atom is 0.189 e. The first kappa shape index (κ1) is 14.8. The Bertz CT molecular complexity index is 581. The van der Waals surface area contributed by atoms with Crippen LogP contribution in [-0.4, -0.2) is 35.2 Å². The van der Waals surface area contributed by atoms with E-state index in [0.29, 0.717) is 17.0 Å². The Morgan fingerprint density at radius 1 is 1.15 bits per heavy atom. The molecule has 0 spiro atoms. The summed E-state index contributed by atoms with van der Waals surface area (Å²) in [5.41, 5.74) is 9.03. The lowest BCUT2D eigenvalue weighted by atomic mass is 10.0. The predicted octanol–water partition coefficient (Wildman–Crippen LogP) is 3.07. The van der Waals surface area contributed by atoms with E-state index in [9.17, 15) is 0 Å². The van der Waals surface area contributed by atoms with E-state index in [2.05, 4.69) is 60.2 Å². The number of hydrogen-bond donors (Lipinski definition) is 1. The Kier molecular flexibility index (Phi) is 4.62. The van der Waals surface area contributed by atoms with Crippen LogP contribution in [0.15, 0.2) is 35.5 Å². The molecule has 2 aromatic rings. The molecule has 2 rings (SSSR count). The van der Waals surface area contributed by atoms with Crippen LogP contribution in [0.3, 0.4) is 0 Å². The van der Waals surface area contributed by atoms with E-state index < -0.39 is 0 Å². The monoisotopic (exact) mass is 288 g/mol. The lowest BCUT2D eigenvalue weighted by molar-refractivity contribution is 0.321. The number of benzene rings is 1. The van der Waals surface area contributed by atoms with Crippen molar-refractivity contribution in [1.29, 1.82) is 0 Å².